The first-order chi connectivity index (χ1) is 17.5. The molecule has 4 rings (SSSR count). The van der Waals surface area contributed by atoms with Crippen LogP contribution in [-0.4, -0.2) is 38.7 Å². The molecule has 0 spiro atoms. The minimum absolute atomic E-state index is 0.225. The molecule has 1 aliphatic rings. The topological polar surface area (TPSA) is 47.4 Å². The fourth-order valence-corrected chi connectivity index (χ4v) is 4.75. The van der Waals surface area contributed by atoms with Crippen LogP contribution in [0.1, 0.15) is 67.4 Å². The third-order valence-corrected chi connectivity index (χ3v) is 6.40. The third-order valence-electron chi connectivity index (χ3n) is 6.40. The van der Waals surface area contributed by atoms with Gasteiger partial charge in [0.2, 0.25) is 0 Å². The molecule has 0 unspecified atom stereocenters. The quantitative estimate of drug-likeness (QED) is 0.385. The number of ether oxygens (including phenoxy) is 1. The van der Waals surface area contributed by atoms with Crippen molar-refractivity contribution in [3.8, 4) is 17.7 Å². The van der Waals surface area contributed by atoms with Crippen molar-refractivity contribution in [1.29, 1.82) is 0 Å². The summed E-state index contributed by atoms with van der Waals surface area (Å²) in [5.74, 6) is 6.88. The number of pyridine rings is 1. The van der Waals surface area contributed by atoms with Crippen molar-refractivity contribution in [3.05, 3.63) is 82.1 Å². The lowest BCUT2D eigenvalue weighted by Crippen LogP contribution is -2.39. The van der Waals surface area contributed by atoms with Crippen LogP contribution in [0.3, 0.4) is 0 Å². The molecule has 1 saturated heterocycles. The summed E-state index contributed by atoms with van der Waals surface area (Å²) in [6, 6.07) is 13.1. The fourth-order valence-electron chi connectivity index (χ4n) is 4.75. The maximum Gasteiger partial charge on any atom is 0.411 e. The van der Waals surface area contributed by atoms with E-state index >= 15 is 0 Å². The number of aromatic nitrogens is 2. The number of carbonyl (C=O) groups excluding carboxylic acids is 1. The first kappa shape index (κ1) is 26.5. The summed E-state index contributed by atoms with van der Waals surface area (Å²) in [6.07, 6.45) is 2.66. The molecular formula is C31H36FN3O2. The Kier molecular flexibility index (Phi) is 7.73. The van der Waals surface area contributed by atoms with Crippen LogP contribution in [0.5, 0.6) is 0 Å². The van der Waals surface area contributed by atoms with Crippen molar-refractivity contribution in [3.63, 3.8) is 0 Å². The summed E-state index contributed by atoms with van der Waals surface area (Å²) in [4.78, 5) is 19.1. The molecule has 1 amide bonds. The molecule has 5 nitrogen and oxygen atoms in total. The first-order valence-electron chi connectivity index (χ1n) is 12.9. The van der Waals surface area contributed by atoms with Gasteiger partial charge in [0.1, 0.15) is 17.2 Å². The van der Waals surface area contributed by atoms with Gasteiger partial charge < -0.3 is 9.30 Å². The maximum absolute atomic E-state index is 14.5. The average Bonchev–Trinajstić information content (AvgIpc) is 3.40. The Hall–Kier alpha value is -3.59. The molecule has 0 saturated carbocycles. The number of likely N-dealkylation sites (tertiary alicyclic amines) is 1. The minimum atomic E-state index is -0.554. The van der Waals surface area contributed by atoms with E-state index in [-0.39, 0.29) is 18.0 Å². The molecule has 0 N–H and O–H groups in total. The van der Waals surface area contributed by atoms with Crippen molar-refractivity contribution in [2.24, 2.45) is 0 Å². The van der Waals surface area contributed by atoms with Gasteiger partial charge in [-0.3, -0.25) is 4.90 Å². The molecule has 2 aromatic heterocycles. The maximum atomic E-state index is 14.5. The Morgan fingerprint density at radius 3 is 2.51 bits per heavy atom. The molecule has 1 fully saturated rings. The second-order valence-electron chi connectivity index (χ2n) is 10.9. The fraction of sp³-hybridized carbons (Fsp3) is 0.419. The van der Waals surface area contributed by atoms with Gasteiger partial charge >= 0.3 is 6.09 Å². The lowest BCUT2D eigenvalue weighted by Gasteiger charge is -2.26. The average molecular weight is 502 g/mol. The molecule has 0 bridgehead atoms. The number of rotatable bonds is 4. The first-order valence-corrected chi connectivity index (χ1v) is 12.9. The molecule has 194 valence electrons. The zero-order chi connectivity index (χ0) is 26.7. The Labute approximate surface area is 219 Å². The summed E-state index contributed by atoms with van der Waals surface area (Å²) in [6.45, 7) is 12.4. The van der Waals surface area contributed by atoms with Gasteiger partial charge in [-0.2, -0.15) is 0 Å². The van der Waals surface area contributed by atoms with Crippen LogP contribution in [-0.2, 0) is 17.6 Å². The number of hydrogen-bond donors (Lipinski definition) is 0. The zero-order valence-corrected chi connectivity index (χ0v) is 22.7. The Balaban J connectivity index is 1.48. The summed E-state index contributed by atoms with van der Waals surface area (Å²) < 4.78 is 22.1. The normalized spacial score (nSPS) is 15.4. The van der Waals surface area contributed by atoms with E-state index in [4.69, 9.17) is 9.72 Å². The number of amides is 1. The molecule has 37 heavy (non-hydrogen) atoms. The van der Waals surface area contributed by atoms with Crippen LogP contribution >= 0.6 is 0 Å². The Bertz CT molecular complexity index is 1340. The number of halogens is 1. The number of benzene rings is 1. The van der Waals surface area contributed by atoms with Crippen LogP contribution in [0.2, 0.25) is 0 Å². The smallest absolute Gasteiger partial charge is 0.411 e. The summed E-state index contributed by atoms with van der Waals surface area (Å²) in [7, 11) is 0. The van der Waals surface area contributed by atoms with E-state index in [0.29, 0.717) is 24.9 Å². The molecule has 3 heterocycles. The van der Waals surface area contributed by atoms with Crippen molar-refractivity contribution in [2.45, 2.75) is 78.9 Å². The second-order valence-corrected chi connectivity index (χ2v) is 10.9. The predicted molar refractivity (Wildman–Crippen MR) is 144 cm³/mol. The Morgan fingerprint density at radius 2 is 1.81 bits per heavy atom. The van der Waals surface area contributed by atoms with Crippen molar-refractivity contribution in [1.82, 2.24) is 14.5 Å². The second kappa shape index (κ2) is 10.8. The van der Waals surface area contributed by atoms with Gasteiger partial charge in [-0.1, -0.05) is 11.8 Å². The predicted octanol–water partition coefficient (Wildman–Crippen LogP) is 6.47. The number of aryl methyl sites for hydroxylation is 5. The summed E-state index contributed by atoms with van der Waals surface area (Å²) in [5, 5.41) is 0. The van der Waals surface area contributed by atoms with Crippen LogP contribution in [0.4, 0.5) is 9.18 Å². The SMILES string of the molecule is Cc1cc(CCc2cc(F)cc(C#C[C@@H]3CCCN3C(=O)OC(C)(C)C)c2)nc(-n2c(C)ccc2C)c1. The number of nitrogens with zero attached hydrogens (tertiary/aromatic N) is 3. The minimum Gasteiger partial charge on any atom is -0.444 e. The summed E-state index contributed by atoms with van der Waals surface area (Å²) >= 11 is 0. The van der Waals surface area contributed by atoms with Gasteiger partial charge in [-0.25, -0.2) is 14.2 Å². The van der Waals surface area contributed by atoms with Crippen LogP contribution in [0.25, 0.3) is 5.82 Å². The van der Waals surface area contributed by atoms with E-state index in [9.17, 15) is 9.18 Å². The van der Waals surface area contributed by atoms with Crippen molar-refractivity contribution < 1.29 is 13.9 Å². The van der Waals surface area contributed by atoms with E-state index < -0.39 is 5.60 Å². The highest BCUT2D eigenvalue weighted by Crippen LogP contribution is 2.21. The molecular weight excluding hydrogens is 465 g/mol. The van der Waals surface area contributed by atoms with E-state index in [2.05, 4.69) is 61.4 Å². The lowest BCUT2D eigenvalue weighted by atomic mass is 10.0. The summed E-state index contributed by atoms with van der Waals surface area (Å²) in [5.41, 5.74) is 5.33. The van der Waals surface area contributed by atoms with Crippen LogP contribution in [0.15, 0.2) is 42.5 Å². The highest BCUT2D eigenvalue weighted by Gasteiger charge is 2.31. The van der Waals surface area contributed by atoms with Gasteiger partial charge in [0.25, 0.3) is 0 Å². The van der Waals surface area contributed by atoms with Gasteiger partial charge in [0, 0.05) is 29.2 Å². The van der Waals surface area contributed by atoms with Gasteiger partial charge in [0.05, 0.1) is 6.04 Å². The van der Waals surface area contributed by atoms with Gasteiger partial charge in [0.15, 0.2) is 0 Å². The molecule has 1 aliphatic heterocycles. The van der Waals surface area contributed by atoms with Gasteiger partial charge in [-0.15, -0.1) is 0 Å². The highest BCUT2D eigenvalue weighted by molar-refractivity contribution is 5.69. The molecule has 3 aromatic rings. The number of hydrogen-bond acceptors (Lipinski definition) is 3. The third kappa shape index (κ3) is 6.80. The van der Waals surface area contributed by atoms with E-state index in [1.807, 2.05) is 26.8 Å². The van der Waals surface area contributed by atoms with E-state index in [1.165, 1.54) is 6.07 Å². The largest absolute Gasteiger partial charge is 0.444 e. The van der Waals surface area contributed by atoms with Gasteiger partial charge in [-0.05, 0) is 121 Å². The van der Waals surface area contributed by atoms with Crippen LogP contribution in [0, 0.1) is 38.4 Å². The van der Waals surface area contributed by atoms with E-state index in [1.54, 1.807) is 11.0 Å². The Morgan fingerprint density at radius 1 is 1.08 bits per heavy atom. The van der Waals surface area contributed by atoms with Crippen molar-refractivity contribution in [2.75, 3.05) is 6.54 Å². The molecule has 0 aliphatic carbocycles. The lowest BCUT2D eigenvalue weighted by molar-refractivity contribution is 0.0261. The van der Waals surface area contributed by atoms with E-state index in [0.717, 1.165) is 46.9 Å². The molecule has 0 radical (unpaired) electrons. The highest BCUT2D eigenvalue weighted by atomic mass is 19.1. The monoisotopic (exact) mass is 501 g/mol. The molecule has 6 heteroatoms. The van der Waals surface area contributed by atoms with Crippen molar-refractivity contribution >= 4 is 6.09 Å². The molecule has 1 aromatic carbocycles. The molecule has 1 atom stereocenters. The van der Waals surface area contributed by atoms with Crippen LogP contribution < -0.4 is 0 Å². The number of carbonyl (C=O) groups is 1. The standard InChI is InChI=1S/C31H36FN3O2/c1-21-16-27(33-29(17-21)35-22(2)9-10-23(35)3)13-11-24-18-25(20-26(32)19-24)12-14-28-8-7-15-34(28)30(36)37-31(4,5)6/h9-10,16-20,28H,7-8,11,13,15H2,1-6H3/t28-/m0/s1. The zero-order valence-electron chi connectivity index (χ0n) is 22.7.